The second-order valence-electron chi connectivity index (χ2n) is 11.3. The van der Waals surface area contributed by atoms with Crippen molar-refractivity contribution in [1.29, 1.82) is 5.26 Å². The molecule has 3 aliphatic rings. The van der Waals surface area contributed by atoms with E-state index >= 15 is 0 Å². The highest BCUT2D eigenvalue weighted by Gasteiger charge is 2.39. The number of nitrogens with one attached hydrogen (secondary N) is 1. The predicted octanol–water partition coefficient (Wildman–Crippen LogP) is 5.19. The number of carbonyl (C=O) groups excluding carboxylic acids is 1. The Morgan fingerprint density at radius 3 is 2.45 bits per heavy atom. The van der Waals surface area contributed by atoms with Crippen LogP contribution in [0.5, 0.6) is 5.75 Å². The third-order valence-corrected chi connectivity index (χ3v) is 8.84. The third kappa shape index (κ3) is 5.19. The lowest BCUT2D eigenvalue weighted by molar-refractivity contribution is 0.149. The number of fused-ring (bicyclic) bond motifs is 1. The topological polar surface area (TPSA) is 71.8 Å². The van der Waals surface area contributed by atoms with Crippen molar-refractivity contribution in [2.75, 3.05) is 56.6 Å². The Balaban J connectivity index is 1.26. The van der Waals surface area contributed by atoms with Gasteiger partial charge in [0, 0.05) is 62.2 Å². The molecule has 1 N–H and O–H groups in total. The molecule has 7 heteroatoms. The van der Waals surface area contributed by atoms with Gasteiger partial charge in [-0.2, -0.15) is 5.26 Å². The van der Waals surface area contributed by atoms with Gasteiger partial charge in [-0.1, -0.05) is 12.1 Å². The highest BCUT2D eigenvalue weighted by molar-refractivity contribution is 5.90. The minimum atomic E-state index is -0.613. The fourth-order valence-corrected chi connectivity index (χ4v) is 6.43. The average molecular weight is 516 g/mol. The van der Waals surface area contributed by atoms with Crippen LogP contribution in [0, 0.1) is 11.3 Å². The van der Waals surface area contributed by atoms with E-state index in [2.05, 4.69) is 53.2 Å². The van der Waals surface area contributed by atoms with E-state index in [0.717, 1.165) is 51.0 Å². The molecular weight excluding hydrogens is 474 g/mol. The second-order valence-corrected chi connectivity index (χ2v) is 11.3. The van der Waals surface area contributed by atoms with E-state index in [1.807, 2.05) is 23.1 Å². The Morgan fingerprint density at radius 1 is 1.03 bits per heavy atom. The molecule has 202 valence electrons. The maximum atomic E-state index is 13.2. The number of urea groups is 1. The van der Waals surface area contributed by atoms with Crippen LogP contribution in [-0.2, 0) is 18.3 Å². The third-order valence-electron chi connectivity index (χ3n) is 8.84. The van der Waals surface area contributed by atoms with Crippen molar-refractivity contribution in [3.63, 3.8) is 0 Å². The lowest BCUT2D eigenvalue weighted by Crippen LogP contribution is -2.50. The number of benzene rings is 2. The summed E-state index contributed by atoms with van der Waals surface area (Å²) in [5, 5.41) is 13.4. The molecule has 2 heterocycles. The van der Waals surface area contributed by atoms with Crippen LogP contribution in [0.4, 0.5) is 16.2 Å². The smallest absolute Gasteiger partial charge is 0.321 e. The number of nitrogens with zero attached hydrogens (tertiary/aromatic N) is 4. The normalized spacial score (nSPS) is 19.6. The Labute approximate surface area is 227 Å². The monoisotopic (exact) mass is 515 g/mol. The number of ether oxygens (including phenoxy) is 1. The van der Waals surface area contributed by atoms with Gasteiger partial charge in [0.1, 0.15) is 5.75 Å². The van der Waals surface area contributed by atoms with E-state index in [-0.39, 0.29) is 6.03 Å². The first-order valence-corrected chi connectivity index (χ1v) is 14.2. The summed E-state index contributed by atoms with van der Waals surface area (Å²) in [6.07, 6.45) is 6.38. The zero-order chi connectivity index (χ0) is 26.7. The molecule has 7 nitrogen and oxygen atoms in total. The molecule has 2 aromatic rings. The summed E-state index contributed by atoms with van der Waals surface area (Å²) >= 11 is 0. The SMILES string of the molecule is COc1ccc(NC(=O)N2CCN(c3cccc4c3CCCC4)CC2)cc1C1(C#N)CCN(C(C)C)CC1. The van der Waals surface area contributed by atoms with Gasteiger partial charge in [0.15, 0.2) is 0 Å². The summed E-state index contributed by atoms with van der Waals surface area (Å²) in [6, 6.07) is 15.4. The molecule has 0 saturated carbocycles. The van der Waals surface area contributed by atoms with E-state index < -0.39 is 5.41 Å². The standard InChI is InChI=1S/C31H41N5O2/c1-23(2)34-15-13-31(22-32,14-16-34)27-21-25(11-12-29(27)38-3)33-30(37)36-19-17-35(18-20-36)28-10-6-8-24-7-4-5-9-26(24)28/h6,8,10-12,21,23H,4-5,7,9,13-20H2,1-3H3,(H,33,37). The second kappa shape index (κ2) is 11.2. The quantitative estimate of drug-likeness (QED) is 0.593. The van der Waals surface area contributed by atoms with Crippen molar-refractivity contribution >= 4 is 17.4 Å². The Morgan fingerprint density at radius 2 is 1.76 bits per heavy atom. The maximum Gasteiger partial charge on any atom is 0.321 e. The van der Waals surface area contributed by atoms with Gasteiger partial charge in [-0.15, -0.1) is 0 Å². The van der Waals surface area contributed by atoms with E-state index in [1.54, 1.807) is 7.11 Å². The summed E-state index contributed by atoms with van der Waals surface area (Å²) in [5.74, 6) is 0.711. The minimum Gasteiger partial charge on any atom is -0.496 e. The van der Waals surface area contributed by atoms with E-state index in [1.165, 1.54) is 36.1 Å². The molecule has 2 saturated heterocycles. The number of carbonyl (C=O) groups is 1. The number of hydrogen-bond acceptors (Lipinski definition) is 5. The van der Waals surface area contributed by atoms with E-state index in [4.69, 9.17) is 4.74 Å². The Kier molecular flexibility index (Phi) is 7.80. The molecule has 2 fully saturated rings. The largest absolute Gasteiger partial charge is 0.496 e. The number of anilines is 2. The fraction of sp³-hybridized carbons (Fsp3) is 0.548. The van der Waals surface area contributed by atoms with Gasteiger partial charge in [0.05, 0.1) is 18.6 Å². The van der Waals surface area contributed by atoms with Gasteiger partial charge in [0.25, 0.3) is 0 Å². The molecule has 0 aromatic heterocycles. The number of piperazine rings is 1. The molecule has 0 bridgehead atoms. The number of aryl methyl sites for hydroxylation is 1. The lowest BCUT2D eigenvalue weighted by Gasteiger charge is -2.40. The van der Waals surface area contributed by atoms with E-state index in [0.29, 0.717) is 30.6 Å². The van der Waals surface area contributed by atoms with E-state index in [9.17, 15) is 10.1 Å². The summed E-state index contributed by atoms with van der Waals surface area (Å²) < 4.78 is 5.68. The molecular formula is C31H41N5O2. The fourth-order valence-electron chi connectivity index (χ4n) is 6.43. The van der Waals surface area contributed by atoms with Gasteiger partial charge in [-0.25, -0.2) is 4.79 Å². The Hall–Kier alpha value is -3.24. The van der Waals surface area contributed by atoms with Crippen LogP contribution in [0.1, 0.15) is 56.2 Å². The van der Waals surface area contributed by atoms with Crippen LogP contribution in [0.15, 0.2) is 36.4 Å². The van der Waals surface area contributed by atoms with Gasteiger partial charge >= 0.3 is 6.03 Å². The van der Waals surface area contributed by atoms with Crippen LogP contribution >= 0.6 is 0 Å². The molecule has 2 aliphatic heterocycles. The van der Waals surface area contributed by atoms with Crippen LogP contribution in [0.2, 0.25) is 0 Å². The highest BCUT2D eigenvalue weighted by atomic mass is 16.5. The molecule has 2 amide bonds. The first-order chi connectivity index (χ1) is 18.4. The molecule has 5 rings (SSSR count). The van der Waals surface area contributed by atoms with Gasteiger partial charge in [-0.05, 0) is 87.8 Å². The summed E-state index contributed by atoms with van der Waals surface area (Å²) in [5.41, 5.74) is 5.33. The molecule has 1 aliphatic carbocycles. The van der Waals surface area contributed by atoms with Crippen molar-refractivity contribution in [2.45, 2.75) is 63.8 Å². The van der Waals surface area contributed by atoms with Crippen molar-refractivity contribution in [2.24, 2.45) is 0 Å². The molecule has 0 atom stereocenters. The van der Waals surface area contributed by atoms with Crippen LogP contribution < -0.4 is 15.0 Å². The Bertz CT molecular complexity index is 1190. The molecule has 0 unspecified atom stereocenters. The molecule has 0 radical (unpaired) electrons. The van der Waals surface area contributed by atoms with Crippen LogP contribution in [-0.4, -0.2) is 68.3 Å². The number of nitriles is 1. The minimum absolute atomic E-state index is 0.0866. The van der Waals surface area contributed by atoms with Gasteiger partial charge in [0.2, 0.25) is 0 Å². The highest BCUT2D eigenvalue weighted by Crippen LogP contribution is 2.41. The summed E-state index contributed by atoms with van der Waals surface area (Å²) in [7, 11) is 1.65. The number of piperidine rings is 1. The number of likely N-dealkylation sites (tertiary alicyclic amines) is 1. The molecule has 2 aromatic carbocycles. The summed E-state index contributed by atoms with van der Waals surface area (Å²) in [4.78, 5) is 20.0. The zero-order valence-corrected chi connectivity index (χ0v) is 23.1. The van der Waals surface area contributed by atoms with Gasteiger partial charge in [-0.3, -0.25) is 0 Å². The van der Waals surface area contributed by atoms with Crippen molar-refractivity contribution in [3.8, 4) is 11.8 Å². The van der Waals surface area contributed by atoms with Crippen LogP contribution in [0.25, 0.3) is 0 Å². The first-order valence-electron chi connectivity index (χ1n) is 14.2. The van der Waals surface area contributed by atoms with Crippen LogP contribution in [0.3, 0.4) is 0 Å². The first kappa shape index (κ1) is 26.4. The molecule has 38 heavy (non-hydrogen) atoms. The van der Waals surface area contributed by atoms with Crippen molar-refractivity contribution < 1.29 is 9.53 Å². The number of hydrogen-bond donors (Lipinski definition) is 1. The van der Waals surface area contributed by atoms with Crippen molar-refractivity contribution in [1.82, 2.24) is 9.80 Å². The number of rotatable bonds is 5. The maximum absolute atomic E-state index is 13.2. The zero-order valence-electron chi connectivity index (χ0n) is 23.1. The summed E-state index contributed by atoms with van der Waals surface area (Å²) in [6.45, 7) is 9.19. The van der Waals surface area contributed by atoms with Crippen molar-refractivity contribution in [3.05, 3.63) is 53.1 Å². The predicted molar refractivity (Wildman–Crippen MR) is 152 cm³/mol. The lowest BCUT2D eigenvalue weighted by atomic mass is 9.73. The number of methoxy groups -OCH3 is 1. The number of amides is 2. The van der Waals surface area contributed by atoms with Gasteiger partial charge < -0.3 is 24.8 Å². The average Bonchev–Trinajstić information content (AvgIpc) is 2.97. The molecule has 0 spiro atoms.